The van der Waals surface area contributed by atoms with Gasteiger partial charge in [0.15, 0.2) is 0 Å². The Morgan fingerprint density at radius 3 is 2.10 bits per heavy atom. The second-order valence-electron chi connectivity index (χ2n) is 9.24. The van der Waals surface area contributed by atoms with E-state index in [-0.39, 0.29) is 24.3 Å². The zero-order chi connectivity index (χ0) is 22.9. The smallest absolute Gasteiger partial charge is 0.242 e. The maximum absolute atomic E-state index is 13.4. The first-order valence-electron chi connectivity index (χ1n) is 11.1. The molecule has 0 aliphatic carbocycles. The highest BCUT2D eigenvalue weighted by atomic mass is 32.2. The second-order valence-corrected chi connectivity index (χ2v) is 10.9. The molecule has 0 radical (unpaired) electrons. The van der Waals surface area contributed by atoms with Gasteiger partial charge in [-0.15, -0.1) is 0 Å². The maximum Gasteiger partial charge on any atom is 0.242 e. The Kier molecular flexibility index (Phi) is 6.92. The zero-order valence-corrected chi connectivity index (χ0v) is 20.2. The number of fused-ring (bicyclic) bond motifs is 1. The van der Waals surface area contributed by atoms with Gasteiger partial charge in [0.1, 0.15) is 0 Å². The summed E-state index contributed by atoms with van der Waals surface area (Å²) in [6.07, 6.45) is 0.792. The number of nitrogens with zero attached hydrogens (tertiary/aromatic N) is 1. The third-order valence-electron chi connectivity index (χ3n) is 5.95. The van der Waals surface area contributed by atoms with Gasteiger partial charge in [0, 0.05) is 12.2 Å². The van der Waals surface area contributed by atoms with E-state index in [4.69, 9.17) is 0 Å². The van der Waals surface area contributed by atoms with Gasteiger partial charge in [0.25, 0.3) is 0 Å². The predicted molar refractivity (Wildman–Crippen MR) is 126 cm³/mol. The average Bonchev–Trinajstić information content (AvgIpc) is 3.15. The van der Waals surface area contributed by atoms with Gasteiger partial charge in [-0.2, -0.15) is 0 Å². The van der Waals surface area contributed by atoms with Crippen molar-refractivity contribution in [1.82, 2.24) is 4.72 Å². The van der Waals surface area contributed by atoms with Gasteiger partial charge in [-0.1, -0.05) is 71.9 Å². The van der Waals surface area contributed by atoms with Crippen molar-refractivity contribution in [3.63, 3.8) is 0 Å². The molecule has 1 N–H and O–H groups in total. The first-order valence-corrected chi connectivity index (χ1v) is 12.6. The summed E-state index contributed by atoms with van der Waals surface area (Å²) in [7, 11) is -3.85. The fourth-order valence-electron chi connectivity index (χ4n) is 4.12. The van der Waals surface area contributed by atoms with Crippen molar-refractivity contribution in [3.05, 3.63) is 58.7 Å². The molecule has 0 fully saturated rings. The third-order valence-corrected chi connectivity index (χ3v) is 7.48. The molecular formula is C25H34N2O3S. The van der Waals surface area contributed by atoms with Crippen LogP contribution in [0, 0.1) is 0 Å². The first kappa shape index (κ1) is 23.5. The zero-order valence-electron chi connectivity index (χ0n) is 19.4. The molecule has 0 unspecified atom stereocenters. The SMILES string of the molecule is CC(C)c1cc(C(C)C)c(S(=O)(=O)NCC(=O)N2CCc3ccccc32)c(C(C)C)c1. The minimum atomic E-state index is -3.85. The van der Waals surface area contributed by atoms with E-state index in [1.807, 2.05) is 64.1 Å². The van der Waals surface area contributed by atoms with E-state index in [1.165, 1.54) is 0 Å². The van der Waals surface area contributed by atoms with Crippen molar-refractivity contribution in [2.24, 2.45) is 0 Å². The number of carbonyl (C=O) groups excluding carboxylic acids is 1. The molecule has 0 aromatic heterocycles. The van der Waals surface area contributed by atoms with Crippen LogP contribution in [-0.4, -0.2) is 27.4 Å². The fourth-order valence-corrected chi connectivity index (χ4v) is 5.79. The lowest BCUT2D eigenvalue weighted by molar-refractivity contribution is -0.117. The van der Waals surface area contributed by atoms with E-state index in [2.05, 4.69) is 18.6 Å². The Balaban J connectivity index is 1.92. The topological polar surface area (TPSA) is 66.5 Å². The summed E-state index contributed by atoms with van der Waals surface area (Å²) >= 11 is 0. The number of benzene rings is 2. The average molecular weight is 443 g/mol. The highest BCUT2D eigenvalue weighted by Gasteiger charge is 2.29. The Morgan fingerprint density at radius 1 is 0.968 bits per heavy atom. The number of amides is 1. The van der Waals surface area contributed by atoms with E-state index in [9.17, 15) is 13.2 Å². The minimum absolute atomic E-state index is 0.0453. The normalized spacial score (nSPS) is 14.0. The van der Waals surface area contributed by atoms with Crippen LogP contribution in [0.25, 0.3) is 0 Å². The molecule has 0 bridgehead atoms. The monoisotopic (exact) mass is 442 g/mol. The Bertz CT molecular complexity index is 1040. The lowest BCUT2D eigenvalue weighted by Crippen LogP contribution is -2.40. The Labute approximate surface area is 186 Å². The van der Waals surface area contributed by atoms with Crippen LogP contribution in [0.1, 0.15) is 81.5 Å². The lowest BCUT2D eigenvalue weighted by Gasteiger charge is -2.23. The Hall–Kier alpha value is -2.18. The number of anilines is 1. The quantitative estimate of drug-likeness (QED) is 0.661. The van der Waals surface area contributed by atoms with Gasteiger partial charge >= 0.3 is 0 Å². The lowest BCUT2D eigenvalue weighted by atomic mass is 9.89. The molecule has 0 saturated heterocycles. The van der Waals surface area contributed by atoms with Crippen LogP contribution in [0.2, 0.25) is 0 Å². The molecule has 31 heavy (non-hydrogen) atoms. The number of carbonyl (C=O) groups is 1. The molecule has 3 rings (SSSR count). The van der Waals surface area contributed by atoms with E-state index < -0.39 is 10.0 Å². The van der Waals surface area contributed by atoms with Crippen LogP contribution < -0.4 is 9.62 Å². The van der Waals surface area contributed by atoms with Crippen molar-refractivity contribution in [3.8, 4) is 0 Å². The highest BCUT2D eigenvalue weighted by Crippen LogP contribution is 2.35. The van der Waals surface area contributed by atoms with Crippen LogP contribution >= 0.6 is 0 Å². The standard InChI is InChI=1S/C25H34N2O3S/c1-16(2)20-13-21(17(3)4)25(22(14-20)18(5)6)31(29,30)26-15-24(28)27-12-11-19-9-7-8-10-23(19)27/h7-10,13-14,16-18,26H,11-12,15H2,1-6H3. The van der Waals surface area contributed by atoms with Crippen molar-refractivity contribution >= 4 is 21.6 Å². The van der Waals surface area contributed by atoms with Gasteiger partial charge in [-0.3, -0.25) is 4.79 Å². The van der Waals surface area contributed by atoms with Crippen molar-refractivity contribution < 1.29 is 13.2 Å². The fraction of sp³-hybridized carbons (Fsp3) is 0.480. The number of nitrogens with one attached hydrogen (secondary N) is 1. The molecular weight excluding hydrogens is 408 g/mol. The van der Waals surface area contributed by atoms with E-state index in [0.717, 1.165) is 34.4 Å². The molecule has 5 nitrogen and oxygen atoms in total. The number of rotatable bonds is 7. The van der Waals surface area contributed by atoms with Crippen LogP contribution in [-0.2, 0) is 21.2 Å². The third kappa shape index (κ3) is 4.85. The summed E-state index contributed by atoms with van der Waals surface area (Å²) in [5.74, 6) is 0.161. The molecule has 6 heteroatoms. The largest absolute Gasteiger partial charge is 0.311 e. The molecule has 1 amide bonds. The molecule has 1 aliphatic rings. The molecule has 2 aromatic rings. The summed E-state index contributed by atoms with van der Waals surface area (Å²) in [6, 6.07) is 11.8. The van der Waals surface area contributed by atoms with E-state index in [0.29, 0.717) is 17.4 Å². The molecule has 0 spiro atoms. The van der Waals surface area contributed by atoms with E-state index in [1.54, 1.807) is 4.90 Å². The number of para-hydroxylation sites is 1. The molecule has 2 aromatic carbocycles. The number of hydrogen-bond donors (Lipinski definition) is 1. The summed E-state index contributed by atoms with van der Waals surface area (Å²) in [6.45, 7) is 12.6. The van der Waals surface area contributed by atoms with Crippen LogP contribution in [0.15, 0.2) is 41.3 Å². The van der Waals surface area contributed by atoms with Crippen molar-refractivity contribution in [2.75, 3.05) is 18.0 Å². The van der Waals surface area contributed by atoms with Gasteiger partial charge in [-0.25, -0.2) is 13.1 Å². The second kappa shape index (κ2) is 9.13. The molecule has 0 saturated carbocycles. The van der Waals surface area contributed by atoms with E-state index >= 15 is 0 Å². The van der Waals surface area contributed by atoms with Crippen LogP contribution in [0.3, 0.4) is 0 Å². The number of hydrogen-bond acceptors (Lipinski definition) is 3. The molecule has 1 aliphatic heterocycles. The minimum Gasteiger partial charge on any atom is -0.311 e. The van der Waals surface area contributed by atoms with Crippen molar-refractivity contribution in [2.45, 2.75) is 70.6 Å². The van der Waals surface area contributed by atoms with Gasteiger partial charge in [0.05, 0.1) is 11.4 Å². The van der Waals surface area contributed by atoms with Crippen LogP contribution in [0.5, 0.6) is 0 Å². The van der Waals surface area contributed by atoms with Crippen LogP contribution in [0.4, 0.5) is 5.69 Å². The van der Waals surface area contributed by atoms with Gasteiger partial charge in [0.2, 0.25) is 15.9 Å². The summed E-state index contributed by atoms with van der Waals surface area (Å²) in [5.41, 5.74) is 4.74. The Morgan fingerprint density at radius 2 is 1.55 bits per heavy atom. The van der Waals surface area contributed by atoms with Gasteiger partial charge in [-0.05, 0) is 52.5 Å². The summed E-state index contributed by atoms with van der Waals surface area (Å²) in [5, 5.41) is 0. The van der Waals surface area contributed by atoms with Crippen molar-refractivity contribution in [1.29, 1.82) is 0 Å². The maximum atomic E-state index is 13.4. The predicted octanol–water partition coefficient (Wildman–Crippen LogP) is 4.92. The first-order chi connectivity index (χ1) is 14.5. The summed E-state index contributed by atoms with van der Waals surface area (Å²) < 4.78 is 29.5. The van der Waals surface area contributed by atoms with Gasteiger partial charge < -0.3 is 4.90 Å². The summed E-state index contributed by atoms with van der Waals surface area (Å²) in [4.78, 5) is 14.9. The molecule has 0 atom stereocenters. The number of sulfonamides is 1. The highest BCUT2D eigenvalue weighted by molar-refractivity contribution is 7.89. The molecule has 168 valence electrons. The molecule has 1 heterocycles.